The summed E-state index contributed by atoms with van der Waals surface area (Å²) in [5.41, 5.74) is 2.05. The largest absolute Gasteiger partial charge is 0.487 e. The second kappa shape index (κ2) is 11.7. The van der Waals surface area contributed by atoms with Gasteiger partial charge in [-0.1, -0.05) is 37.8 Å². The standard InChI is InChI=1S/C28H40N4O3/c1-4-31-18-12-6-5-7-13-19-32(28(34)23-20-30(3)29-21(23)2)24-15-9-11-17-26(24)35-25-16-10-8-14-22(25)27(31)33/h8,10,14,16,20,24,26H,4-7,9,11-13,15,17-19H2,1-3H3/t24-,26+/m1/s1. The minimum Gasteiger partial charge on any atom is -0.487 e. The zero-order valence-electron chi connectivity index (χ0n) is 21.5. The molecule has 0 bridgehead atoms. The Morgan fingerprint density at radius 2 is 1.74 bits per heavy atom. The molecule has 1 aliphatic carbocycles. The average Bonchev–Trinajstić information content (AvgIpc) is 3.20. The van der Waals surface area contributed by atoms with Crippen LogP contribution in [0.15, 0.2) is 30.5 Å². The number of aryl methyl sites for hydroxylation is 2. The predicted molar refractivity (Wildman–Crippen MR) is 137 cm³/mol. The molecule has 2 heterocycles. The van der Waals surface area contributed by atoms with Gasteiger partial charge in [0.25, 0.3) is 11.8 Å². The van der Waals surface area contributed by atoms with E-state index >= 15 is 0 Å². The van der Waals surface area contributed by atoms with Crippen molar-refractivity contribution < 1.29 is 14.3 Å². The molecule has 2 aliphatic rings. The highest BCUT2D eigenvalue weighted by Crippen LogP contribution is 2.31. The Bertz CT molecular complexity index is 1020. The quantitative estimate of drug-likeness (QED) is 0.608. The summed E-state index contributed by atoms with van der Waals surface area (Å²) >= 11 is 0. The van der Waals surface area contributed by atoms with Crippen molar-refractivity contribution in [1.82, 2.24) is 19.6 Å². The molecule has 2 amide bonds. The number of carbonyl (C=O) groups excluding carboxylic acids is 2. The van der Waals surface area contributed by atoms with Gasteiger partial charge in [0.2, 0.25) is 0 Å². The van der Waals surface area contributed by atoms with E-state index in [0.29, 0.717) is 23.4 Å². The lowest BCUT2D eigenvalue weighted by molar-refractivity contribution is 0.0269. The Hall–Kier alpha value is -2.83. The average molecular weight is 481 g/mol. The highest BCUT2D eigenvalue weighted by Gasteiger charge is 2.36. The van der Waals surface area contributed by atoms with E-state index in [9.17, 15) is 9.59 Å². The monoisotopic (exact) mass is 480 g/mol. The van der Waals surface area contributed by atoms with Gasteiger partial charge < -0.3 is 14.5 Å². The lowest BCUT2D eigenvalue weighted by Gasteiger charge is -2.40. The lowest BCUT2D eigenvalue weighted by atomic mass is 9.90. The maximum absolute atomic E-state index is 13.8. The van der Waals surface area contributed by atoms with Crippen LogP contribution >= 0.6 is 0 Å². The lowest BCUT2D eigenvalue weighted by Crippen LogP contribution is -2.51. The third-order valence-electron chi connectivity index (χ3n) is 7.46. The SMILES string of the molecule is CCN1CCCCCCCN(C(=O)c2cn(C)nc2C)[C@@H]2CCCC[C@@H]2Oc2ccccc2C1=O. The molecule has 0 saturated heterocycles. The van der Waals surface area contributed by atoms with Gasteiger partial charge in [0, 0.05) is 32.9 Å². The molecule has 1 fully saturated rings. The summed E-state index contributed by atoms with van der Waals surface area (Å²) in [5, 5.41) is 4.42. The number of nitrogens with zero attached hydrogens (tertiary/aromatic N) is 4. The number of amides is 2. The topological polar surface area (TPSA) is 67.7 Å². The highest BCUT2D eigenvalue weighted by atomic mass is 16.5. The zero-order chi connectivity index (χ0) is 24.8. The number of hydrogen-bond acceptors (Lipinski definition) is 4. The Kier molecular flexibility index (Phi) is 8.47. The Morgan fingerprint density at radius 1 is 1.03 bits per heavy atom. The van der Waals surface area contributed by atoms with Crippen LogP contribution in [0.2, 0.25) is 0 Å². The first-order valence-electron chi connectivity index (χ1n) is 13.4. The van der Waals surface area contributed by atoms with Crippen LogP contribution in [0.4, 0.5) is 0 Å². The van der Waals surface area contributed by atoms with E-state index in [0.717, 1.165) is 76.6 Å². The van der Waals surface area contributed by atoms with E-state index in [1.54, 1.807) is 4.68 Å². The first kappa shape index (κ1) is 25.3. The summed E-state index contributed by atoms with van der Waals surface area (Å²) in [6.07, 6.45) is 10.9. The highest BCUT2D eigenvalue weighted by molar-refractivity contribution is 5.97. The second-order valence-corrected chi connectivity index (χ2v) is 9.96. The van der Waals surface area contributed by atoms with Gasteiger partial charge in [0.15, 0.2) is 0 Å². The molecule has 0 radical (unpaired) electrons. The van der Waals surface area contributed by atoms with E-state index in [2.05, 4.69) is 10.00 Å². The van der Waals surface area contributed by atoms with Crippen LogP contribution in [0, 0.1) is 6.92 Å². The molecule has 35 heavy (non-hydrogen) atoms. The Morgan fingerprint density at radius 3 is 2.49 bits per heavy atom. The van der Waals surface area contributed by atoms with Crippen molar-refractivity contribution in [2.24, 2.45) is 7.05 Å². The number of hydrogen-bond donors (Lipinski definition) is 0. The summed E-state index contributed by atoms with van der Waals surface area (Å²) in [4.78, 5) is 31.2. The molecule has 2 aromatic rings. The van der Waals surface area contributed by atoms with Crippen molar-refractivity contribution in [3.8, 4) is 5.75 Å². The van der Waals surface area contributed by atoms with E-state index in [-0.39, 0.29) is 24.0 Å². The second-order valence-electron chi connectivity index (χ2n) is 9.96. The molecule has 1 aliphatic heterocycles. The minimum atomic E-state index is -0.140. The minimum absolute atomic E-state index is 0.0218. The van der Waals surface area contributed by atoms with Crippen LogP contribution in [0.5, 0.6) is 5.75 Å². The zero-order valence-corrected chi connectivity index (χ0v) is 21.5. The van der Waals surface area contributed by atoms with E-state index in [4.69, 9.17) is 4.74 Å². The predicted octanol–water partition coefficient (Wildman–Crippen LogP) is 4.99. The van der Waals surface area contributed by atoms with E-state index < -0.39 is 0 Å². The normalized spacial score (nSPS) is 22.4. The van der Waals surface area contributed by atoms with Crippen LogP contribution in [-0.4, -0.2) is 63.2 Å². The van der Waals surface area contributed by atoms with Crippen molar-refractivity contribution in [3.63, 3.8) is 0 Å². The number of fused-ring (bicyclic) bond motifs is 2. The van der Waals surface area contributed by atoms with Crippen LogP contribution < -0.4 is 4.74 Å². The fraction of sp³-hybridized carbons (Fsp3) is 0.607. The summed E-state index contributed by atoms with van der Waals surface area (Å²) in [6.45, 7) is 6.11. The molecule has 2 atom stereocenters. The van der Waals surface area contributed by atoms with Crippen molar-refractivity contribution in [2.75, 3.05) is 19.6 Å². The fourth-order valence-electron chi connectivity index (χ4n) is 5.55. The molecule has 1 aromatic heterocycles. The molecule has 190 valence electrons. The van der Waals surface area contributed by atoms with Crippen LogP contribution in [0.1, 0.15) is 91.1 Å². The molecule has 0 unspecified atom stereocenters. The summed E-state index contributed by atoms with van der Waals surface area (Å²) < 4.78 is 8.34. The summed E-state index contributed by atoms with van der Waals surface area (Å²) in [7, 11) is 1.86. The first-order valence-corrected chi connectivity index (χ1v) is 13.4. The molecule has 4 rings (SSSR count). The van der Waals surface area contributed by atoms with Gasteiger partial charge in [-0.2, -0.15) is 5.10 Å². The van der Waals surface area contributed by atoms with Crippen LogP contribution in [0.25, 0.3) is 0 Å². The third-order valence-corrected chi connectivity index (χ3v) is 7.46. The van der Waals surface area contributed by atoms with Crippen LogP contribution in [0.3, 0.4) is 0 Å². The third kappa shape index (κ3) is 5.88. The van der Waals surface area contributed by atoms with Crippen molar-refractivity contribution in [2.45, 2.75) is 83.8 Å². The van der Waals surface area contributed by atoms with Crippen LogP contribution in [-0.2, 0) is 7.05 Å². The summed E-state index contributed by atoms with van der Waals surface area (Å²) in [6, 6.07) is 7.59. The number of carbonyl (C=O) groups is 2. The maximum atomic E-state index is 13.8. The number of para-hydroxylation sites is 1. The number of aromatic nitrogens is 2. The Labute approximate surface area is 209 Å². The van der Waals surface area contributed by atoms with Crippen molar-refractivity contribution in [3.05, 3.63) is 47.3 Å². The van der Waals surface area contributed by atoms with Gasteiger partial charge in [-0.3, -0.25) is 14.3 Å². The van der Waals surface area contributed by atoms with Gasteiger partial charge in [-0.05, 0) is 58.1 Å². The molecule has 1 saturated carbocycles. The van der Waals surface area contributed by atoms with E-state index in [1.807, 2.05) is 56.3 Å². The smallest absolute Gasteiger partial charge is 0.257 e. The Balaban J connectivity index is 1.68. The molecule has 7 nitrogen and oxygen atoms in total. The molecule has 7 heteroatoms. The van der Waals surface area contributed by atoms with Gasteiger partial charge >= 0.3 is 0 Å². The molecule has 1 aromatic carbocycles. The van der Waals surface area contributed by atoms with Crippen molar-refractivity contribution >= 4 is 11.8 Å². The van der Waals surface area contributed by atoms with Gasteiger partial charge in [-0.15, -0.1) is 0 Å². The summed E-state index contributed by atoms with van der Waals surface area (Å²) in [5.74, 6) is 0.707. The molecule has 0 spiro atoms. The van der Waals surface area contributed by atoms with Gasteiger partial charge in [-0.25, -0.2) is 0 Å². The van der Waals surface area contributed by atoms with Gasteiger partial charge in [0.05, 0.1) is 22.9 Å². The molecular weight excluding hydrogens is 440 g/mol. The first-order chi connectivity index (χ1) is 17.0. The molecular formula is C28H40N4O3. The maximum Gasteiger partial charge on any atom is 0.257 e. The number of ether oxygens (including phenoxy) is 1. The number of rotatable bonds is 2. The van der Waals surface area contributed by atoms with Gasteiger partial charge in [0.1, 0.15) is 11.9 Å². The number of benzene rings is 1. The van der Waals surface area contributed by atoms with E-state index in [1.165, 1.54) is 0 Å². The van der Waals surface area contributed by atoms with Crippen molar-refractivity contribution in [1.29, 1.82) is 0 Å². The fourth-order valence-corrected chi connectivity index (χ4v) is 5.55. The molecule has 0 N–H and O–H groups in total.